The Morgan fingerprint density at radius 2 is 1.61 bits per heavy atom. The van der Waals surface area contributed by atoms with Crippen LogP contribution in [0.15, 0.2) is 48.5 Å². The molecule has 224 valence electrons. The molecule has 0 aromatic heterocycles. The van der Waals surface area contributed by atoms with Gasteiger partial charge >= 0.3 is 11.9 Å². The highest BCUT2D eigenvalue weighted by Crippen LogP contribution is 2.33. The number of aliphatic hydroxyl groups excluding tert-OH is 6. The quantitative estimate of drug-likeness (QED) is 0.159. The van der Waals surface area contributed by atoms with Gasteiger partial charge in [-0.2, -0.15) is 0 Å². The summed E-state index contributed by atoms with van der Waals surface area (Å²) in [6.07, 6.45) is -13.6. The average Bonchev–Trinajstić information content (AvgIpc) is 2.97. The second-order valence-electron chi connectivity index (χ2n) is 9.90. The molecule has 2 aromatic rings. The fraction of sp³-hybridized carbons (Fsp3) is 0.481. The van der Waals surface area contributed by atoms with Gasteiger partial charge in [-0.1, -0.05) is 18.2 Å². The number of rotatable bonds is 8. The lowest BCUT2D eigenvalue weighted by Gasteiger charge is -2.41. The van der Waals surface area contributed by atoms with E-state index in [-0.39, 0.29) is 35.5 Å². The van der Waals surface area contributed by atoms with Crippen LogP contribution in [0.1, 0.15) is 28.8 Å². The van der Waals surface area contributed by atoms with Crippen molar-refractivity contribution in [2.24, 2.45) is 0 Å². The molecule has 2 aromatic carbocycles. The van der Waals surface area contributed by atoms with Crippen molar-refractivity contribution < 1.29 is 69.4 Å². The second-order valence-corrected chi connectivity index (χ2v) is 9.90. The largest absolute Gasteiger partial charge is 0.508 e. The highest BCUT2D eigenvalue weighted by atomic mass is 16.7. The van der Waals surface area contributed by atoms with Gasteiger partial charge in [0.25, 0.3) is 0 Å². The molecule has 1 saturated heterocycles. The molecular weight excluding hydrogens is 548 g/mol. The first-order valence-electron chi connectivity index (χ1n) is 12.8. The molecule has 1 aliphatic carbocycles. The summed E-state index contributed by atoms with van der Waals surface area (Å²) < 4.78 is 21.5. The van der Waals surface area contributed by atoms with Gasteiger partial charge in [0.2, 0.25) is 11.9 Å². The van der Waals surface area contributed by atoms with Crippen molar-refractivity contribution >= 4 is 11.9 Å². The van der Waals surface area contributed by atoms with Crippen LogP contribution in [-0.4, -0.2) is 114 Å². The standard InChI is InChI=1S/C27H32O14/c28-15-6-8-17(14(10-15)11-39-26(36)27(37)19(30)9-7-16(29)23(27)34)40-25-22(33)21(32)20(31)18(41-25)12-38-24(35)13-4-2-1-3-5-13/h1-6,8,10,16,18-23,25,28-34,37H,7,9,11-12H2. The Hall–Kier alpha value is -3.34. The average molecular weight is 581 g/mol. The van der Waals surface area contributed by atoms with Gasteiger partial charge in [0.1, 0.15) is 55.2 Å². The number of aliphatic hydroxyl groups is 7. The molecule has 9 atom stereocenters. The number of carbonyl (C=O) groups excluding carboxylic acids is 2. The molecule has 14 heteroatoms. The normalized spacial score (nSPS) is 33.5. The maximum atomic E-state index is 12.7. The first-order chi connectivity index (χ1) is 19.4. The van der Waals surface area contributed by atoms with Crippen molar-refractivity contribution in [3.8, 4) is 11.5 Å². The zero-order valence-electron chi connectivity index (χ0n) is 21.6. The van der Waals surface area contributed by atoms with Crippen LogP contribution in [0.2, 0.25) is 0 Å². The number of hydrogen-bond acceptors (Lipinski definition) is 14. The molecule has 2 aliphatic rings. The van der Waals surface area contributed by atoms with Crippen LogP contribution < -0.4 is 4.74 Å². The van der Waals surface area contributed by atoms with Crippen LogP contribution in [0.3, 0.4) is 0 Å². The van der Waals surface area contributed by atoms with Crippen LogP contribution in [0.4, 0.5) is 0 Å². The van der Waals surface area contributed by atoms with Gasteiger partial charge in [0.05, 0.1) is 17.8 Å². The summed E-state index contributed by atoms with van der Waals surface area (Å²) in [5, 5.41) is 81.9. The second kappa shape index (κ2) is 12.7. The summed E-state index contributed by atoms with van der Waals surface area (Å²) in [6.45, 7) is -1.18. The van der Waals surface area contributed by atoms with Crippen molar-refractivity contribution in [2.75, 3.05) is 6.61 Å². The zero-order valence-corrected chi connectivity index (χ0v) is 21.6. The fourth-order valence-corrected chi connectivity index (χ4v) is 4.60. The summed E-state index contributed by atoms with van der Waals surface area (Å²) in [6, 6.07) is 11.5. The minimum atomic E-state index is -2.82. The molecule has 0 amide bonds. The Balaban J connectivity index is 1.45. The fourth-order valence-electron chi connectivity index (χ4n) is 4.60. The van der Waals surface area contributed by atoms with E-state index in [0.29, 0.717) is 0 Å². The lowest BCUT2D eigenvalue weighted by molar-refractivity contribution is -0.277. The lowest BCUT2D eigenvalue weighted by atomic mass is 9.78. The minimum Gasteiger partial charge on any atom is -0.508 e. The Morgan fingerprint density at radius 1 is 0.902 bits per heavy atom. The number of hydrogen-bond donors (Lipinski definition) is 8. The molecule has 0 bridgehead atoms. The SMILES string of the molecule is O=C(OCC1OC(Oc2ccc(O)cc2COC(=O)C2(O)C(O)CCC(O)C2O)C(O)C(O)C1O)c1ccccc1. The molecule has 0 spiro atoms. The van der Waals surface area contributed by atoms with Crippen LogP contribution in [0.25, 0.3) is 0 Å². The summed E-state index contributed by atoms with van der Waals surface area (Å²) >= 11 is 0. The van der Waals surface area contributed by atoms with Gasteiger partial charge in [-0.25, -0.2) is 9.59 Å². The molecule has 1 aliphatic heterocycles. The summed E-state index contributed by atoms with van der Waals surface area (Å²) in [4.78, 5) is 25.0. The molecule has 4 rings (SSSR count). The first kappa shape index (κ1) is 30.6. The third-order valence-electron chi connectivity index (χ3n) is 7.09. The predicted molar refractivity (Wildman–Crippen MR) is 134 cm³/mol. The van der Waals surface area contributed by atoms with E-state index in [1.54, 1.807) is 18.2 Å². The predicted octanol–water partition coefficient (Wildman–Crippen LogP) is -1.91. The Morgan fingerprint density at radius 3 is 2.32 bits per heavy atom. The topological polar surface area (TPSA) is 233 Å². The summed E-state index contributed by atoms with van der Waals surface area (Å²) in [7, 11) is 0. The van der Waals surface area contributed by atoms with Crippen molar-refractivity contribution in [3.63, 3.8) is 0 Å². The number of phenols is 1. The van der Waals surface area contributed by atoms with Crippen molar-refractivity contribution in [1.82, 2.24) is 0 Å². The van der Waals surface area contributed by atoms with E-state index in [4.69, 9.17) is 18.9 Å². The van der Waals surface area contributed by atoms with Gasteiger partial charge < -0.3 is 59.8 Å². The Bertz CT molecular complexity index is 1210. The van der Waals surface area contributed by atoms with E-state index in [0.717, 1.165) is 6.07 Å². The van der Waals surface area contributed by atoms with E-state index in [2.05, 4.69) is 0 Å². The number of carbonyl (C=O) groups is 2. The monoisotopic (exact) mass is 580 g/mol. The lowest BCUT2D eigenvalue weighted by Crippen LogP contribution is -2.65. The third-order valence-corrected chi connectivity index (χ3v) is 7.09. The number of phenolic OH excluding ortho intramolecular Hbond substituents is 1. The van der Waals surface area contributed by atoms with Crippen molar-refractivity contribution in [1.29, 1.82) is 0 Å². The summed E-state index contributed by atoms with van der Waals surface area (Å²) in [5.41, 5.74) is -2.60. The van der Waals surface area contributed by atoms with Crippen LogP contribution in [0.5, 0.6) is 11.5 Å². The van der Waals surface area contributed by atoms with Gasteiger partial charge in [-0.15, -0.1) is 0 Å². The maximum absolute atomic E-state index is 12.7. The van der Waals surface area contributed by atoms with Crippen molar-refractivity contribution in [2.45, 2.75) is 74.1 Å². The molecule has 1 heterocycles. The van der Waals surface area contributed by atoms with Gasteiger partial charge in [0, 0.05) is 5.56 Å². The van der Waals surface area contributed by atoms with Gasteiger partial charge in [-0.3, -0.25) is 0 Å². The zero-order chi connectivity index (χ0) is 29.9. The van der Waals surface area contributed by atoms with Gasteiger partial charge in [0.15, 0.2) is 0 Å². The van der Waals surface area contributed by atoms with E-state index < -0.39 is 79.8 Å². The molecule has 14 nitrogen and oxygen atoms in total. The molecule has 41 heavy (non-hydrogen) atoms. The number of benzene rings is 2. The number of ether oxygens (including phenoxy) is 4. The maximum Gasteiger partial charge on any atom is 0.344 e. The molecule has 0 radical (unpaired) electrons. The minimum absolute atomic E-state index is 0.0224. The Kier molecular flexibility index (Phi) is 9.46. The molecule has 8 N–H and O–H groups in total. The number of esters is 2. The first-order valence-corrected chi connectivity index (χ1v) is 12.8. The smallest absolute Gasteiger partial charge is 0.344 e. The molecule has 9 unspecified atom stereocenters. The summed E-state index contributed by atoms with van der Waals surface area (Å²) in [5.74, 6) is -2.58. The number of aromatic hydroxyl groups is 1. The van der Waals surface area contributed by atoms with Crippen LogP contribution in [-0.2, 0) is 25.6 Å². The van der Waals surface area contributed by atoms with E-state index >= 15 is 0 Å². The molecule has 2 fully saturated rings. The van der Waals surface area contributed by atoms with E-state index in [9.17, 15) is 50.4 Å². The van der Waals surface area contributed by atoms with Crippen LogP contribution >= 0.6 is 0 Å². The highest BCUT2D eigenvalue weighted by Gasteiger charge is 2.56. The molecular formula is C27H32O14. The Labute approximate surface area is 233 Å². The van der Waals surface area contributed by atoms with E-state index in [1.165, 1.54) is 24.3 Å². The van der Waals surface area contributed by atoms with E-state index in [1.807, 2.05) is 0 Å². The highest BCUT2D eigenvalue weighted by molar-refractivity contribution is 5.89. The van der Waals surface area contributed by atoms with Gasteiger partial charge in [-0.05, 0) is 43.2 Å². The van der Waals surface area contributed by atoms with Crippen molar-refractivity contribution in [3.05, 3.63) is 59.7 Å². The molecule has 1 saturated carbocycles. The third kappa shape index (κ3) is 6.45. The van der Waals surface area contributed by atoms with Crippen LogP contribution in [0, 0.1) is 0 Å².